The predicted octanol–water partition coefficient (Wildman–Crippen LogP) is 9.87. The summed E-state index contributed by atoms with van der Waals surface area (Å²) in [7, 11) is 0. The highest BCUT2D eigenvalue weighted by Crippen LogP contribution is 2.28. The van der Waals surface area contributed by atoms with Crippen LogP contribution < -0.4 is 14.2 Å². The molecule has 0 aliphatic heterocycles. The van der Waals surface area contributed by atoms with E-state index in [2.05, 4.69) is 91.9 Å². The third-order valence-electron chi connectivity index (χ3n) is 7.63. The van der Waals surface area contributed by atoms with Gasteiger partial charge in [-0.1, -0.05) is 90.4 Å². The zero-order valence-corrected chi connectivity index (χ0v) is 25.2. The zero-order valence-electron chi connectivity index (χ0n) is 25.2. The summed E-state index contributed by atoms with van der Waals surface area (Å²) in [5, 5.41) is 0. The number of nitrogens with zero attached hydrogens (tertiary/aromatic N) is 2. The smallest absolute Gasteiger partial charge is 0.205 e. The Labute approximate surface area is 235 Å². The van der Waals surface area contributed by atoms with Crippen molar-refractivity contribution in [1.82, 2.24) is 0 Å². The summed E-state index contributed by atoms with van der Waals surface area (Å²) < 4.78 is 8.64. The molecule has 0 radical (unpaired) electrons. The van der Waals surface area contributed by atoms with E-state index in [9.17, 15) is 0 Å². The van der Waals surface area contributed by atoms with E-state index in [-0.39, 0.29) is 0 Å². The molecular weight excluding hydrogens is 464 g/mol. The van der Waals surface area contributed by atoms with Crippen molar-refractivity contribution in [2.24, 2.45) is 0 Å². The first-order valence-corrected chi connectivity index (χ1v) is 15.9. The lowest BCUT2D eigenvalue weighted by atomic mass is 10.0. The molecule has 3 nitrogen and oxygen atoms in total. The SMILES string of the molecule is CCCCCCCCCCCCCCCCOc1cc(N(CC)CC)ccc1/C=C/c1cccc[n+]1CC. The average molecular weight is 522 g/mol. The van der Waals surface area contributed by atoms with E-state index < -0.39 is 0 Å². The molecular formula is C35H57N2O+. The van der Waals surface area contributed by atoms with Gasteiger partial charge in [-0.05, 0) is 51.5 Å². The Hall–Kier alpha value is -2.29. The number of hydrogen-bond acceptors (Lipinski definition) is 2. The molecule has 1 aromatic carbocycles. The third kappa shape index (κ3) is 12.5. The Bertz CT molecular complexity index is 887. The standard InChI is InChI=1S/C35H57N2O/c1-5-9-10-11-12-13-14-15-16-17-18-19-20-23-30-38-35-31-34(36(6-2)7-3)28-26-32(35)25-27-33-24-21-22-29-37(33)8-4/h21-22,24-29,31H,5-20,23,30H2,1-4H3/q+1. The van der Waals surface area contributed by atoms with Gasteiger partial charge in [-0.3, -0.25) is 0 Å². The highest BCUT2D eigenvalue weighted by molar-refractivity contribution is 5.72. The van der Waals surface area contributed by atoms with Gasteiger partial charge in [0.15, 0.2) is 6.20 Å². The summed E-state index contributed by atoms with van der Waals surface area (Å²) >= 11 is 0. The molecule has 2 rings (SSSR count). The minimum Gasteiger partial charge on any atom is -0.493 e. The van der Waals surface area contributed by atoms with Gasteiger partial charge in [0, 0.05) is 48.6 Å². The monoisotopic (exact) mass is 521 g/mol. The molecule has 1 heterocycles. The summed E-state index contributed by atoms with van der Waals surface area (Å²) in [6.45, 7) is 12.7. The van der Waals surface area contributed by atoms with E-state index >= 15 is 0 Å². The Balaban J connectivity index is 1.76. The van der Waals surface area contributed by atoms with Gasteiger partial charge in [0.2, 0.25) is 5.69 Å². The first kappa shape index (κ1) is 31.9. The molecule has 0 saturated heterocycles. The molecule has 0 N–H and O–H groups in total. The maximum atomic E-state index is 6.38. The molecule has 0 saturated carbocycles. The zero-order chi connectivity index (χ0) is 27.3. The molecule has 0 spiro atoms. The number of rotatable bonds is 22. The molecule has 0 atom stereocenters. The highest BCUT2D eigenvalue weighted by Gasteiger charge is 2.09. The van der Waals surface area contributed by atoms with Crippen LogP contribution in [0.3, 0.4) is 0 Å². The topological polar surface area (TPSA) is 16.4 Å². The number of aromatic nitrogens is 1. The summed E-state index contributed by atoms with van der Waals surface area (Å²) in [4.78, 5) is 2.38. The van der Waals surface area contributed by atoms with Crippen molar-refractivity contribution in [2.45, 2.75) is 124 Å². The first-order chi connectivity index (χ1) is 18.7. The molecule has 38 heavy (non-hydrogen) atoms. The number of anilines is 1. The lowest BCUT2D eigenvalue weighted by Gasteiger charge is -2.22. The number of ether oxygens (including phenoxy) is 1. The van der Waals surface area contributed by atoms with E-state index in [4.69, 9.17) is 4.74 Å². The van der Waals surface area contributed by atoms with Crippen molar-refractivity contribution >= 4 is 17.8 Å². The van der Waals surface area contributed by atoms with Crippen LogP contribution in [-0.2, 0) is 6.54 Å². The first-order valence-electron chi connectivity index (χ1n) is 15.9. The lowest BCUT2D eigenvalue weighted by molar-refractivity contribution is -0.695. The fourth-order valence-electron chi connectivity index (χ4n) is 5.15. The van der Waals surface area contributed by atoms with Crippen LogP contribution in [0.4, 0.5) is 5.69 Å². The molecule has 0 aliphatic rings. The Morgan fingerprint density at radius 1 is 0.684 bits per heavy atom. The largest absolute Gasteiger partial charge is 0.493 e. The van der Waals surface area contributed by atoms with Crippen LogP contribution in [0, 0.1) is 0 Å². The van der Waals surface area contributed by atoms with Crippen LogP contribution in [0.15, 0.2) is 42.6 Å². The molecule has 0 amide bonds. The van der Waals surface area contributed by atoms with Crippen LogP contribution in [0.25, 0.3) is 12.2 Å². The Kier molecular flexibility index (Phi) is 17.3. The quantitative estimate of drug-likeness (QED) is 0.113. The second-order valence-corrected chi connectivity index (χ2v) is 10.6. The van der Waals surface area contributed by atoms with Crippen molar-refractivity contribution in [2.75, 3.05) is 24.6 Å². The molecule has 1 aromatic heterocycles. The second-order valence-electron chi connectivity index (χ2n) is 10.6. The fourth-order valence-corrected chi connectivity index (χ4v) is 5.15. The highest BCUT2D eigenvalue weighted by atomic mass is 16.5. The van der Waals surface area contributed by atoms with Gasteiger partial charge in [0.1, 0.15) is 12.3 Å². The van der Waals surface area contributed by atoms with Crippen LogP contribution in [0.2, 0.25) is 0 Å². The van der Waals surface area contributed by atoms with Crippen LogP contribution in [0.5, 0.6) is 5.75 Å². The number of pyridine rings is 1. The van der Waals surface area contributed by atoms with E-state index in [1.54, 1.807) is 0 Å². The number of aryl methyl sites for hydroxylation is 1. The van der Waals surface area contributed by atoms with E-state index in [1.807, 2.05) is 0 Å². The summed E-state index contributed by atoms with van der Waals surface area (Å²) in [5.41, 5.74) is 3.60. The van der Waals surface area contributed by atoms with Crippen LogP contribution >= 0.6 is 0 Å². The molecule has 3 heteroatoms. The van der Waals surface area contributed by atoms with Crippen LogP contribution in [0.1, 0.15) is 129 Å². The third-order valence-corrected chi connectivity index (χ3v) is 7.63. The van der Waals surface area contributed by atoms with Gasteiger partial charge in [0.25, 0.3) is 0 Å². The van der Waals surface area contributed by atoms with Crippen molar-refractivity contribution in [1.29, 1.82) is 0 Å². The number of hydrogen-bond donors (Lipinski definition) is 0. The summed E-state index contributed by atoms with van der Waals surface area (Å²) in [6.07, 6.45) is 25.8. The van der Waals surface area contributed by atoms with E-state index in [0.717, 1.165) is 44.0 Å². The predicted molar refractivity (Wildman–Crippen MR) is 167 cm³/mol. The molecule has 0 bridgehead atoms. The average Bonchev–Trinajstić information content (AvgIpc) is 2.95. The van der Waals surface area contributed by atoms with Gasteiger partial charge < -0.3 is 9.64 Å². The van der Waals surface area contributed by atoms with Crippen molar-refractivity contribution in [3.05, 3.63) is 53.9 Å². The fraction of sp³-hybridized carbons (Fsp3) is 0.629. The van der Waals surface area contributed by atoms with Crippen molar-refractivity contribution in [3.8, 4) is 5.75 Å². The molecule has 0 aliphatic carbocycles. The van der Waals surface area contributed by atoms with Gasteiger partial charge in [-0.2, -0.15) is 4.57 Å². The second kappa shape index (κ2) is 20.6. The van der Waals surface area contributed by atoms with Crippen molar-refractivity contribution < 1.29 is 9.30 Å². The summed E-state index contributed by atoms with van der Waals surface area (Å²) in [6, 6.07) is 13.0. The minimum atomic E-state index is 0.793. The Morgan fingerprint density at radius 2 is 1.29 bits per heavy atom. The van der Waals surface area contributed by atoms with Gasteiger partial charge in [0.05, 0.1) is 6.61 Å². The van der Waals surface area contributed by atoms with E-state index in [1.165, 1.54) is 94.9 Å². The number of benzene rings is 1. The normalized spacial score (nSPS) is 11.4. The van der Waals surface area contributed by atoms with Gasteiger partial charge in [-0.15, -0.1) is 0 Å². The van der Waals surface area contributed by atoms with Gasteiger partial charge >= 0.3 is 0 Å². The van der Waals surface area contributed by atoms with Crippen molar-refractivity contribution in [3.63, 3.8) is 0 Å². The summed E-state index contributed by atoms with van der Waals surface area (Å²) in [5.74, 6) is 0.999. The molecule has 212 valence electrons. The van der Waals surface area contributed by atoms with Crippen LogP contribution in [-0.4, -0.2) is 19.7 Å². The maximum absolute atomic E-state index is 6.38. The number of unbranched alkanes of at least 4 members (excludes halogenated alkanes) is 13. The molecule has 0 unspecified atom stereocenters. The Morgan fingerprint density at radius 3 is 1.87 bits per heavy atom. The lowest BCUT2D eigenvalue weighted by Crippen LogP contribution is -2.34. The maximum Gasteiger partial charge on any atom is 0.205 e. The molecule has 0 fully saturated rings. The minimum absolute atomic E-state index is 0.793. The van der Waals surface area contributed by atoms with Gasteiger partial charge in [-0.25, -0.2) is 0 Å². The molecule has 2 aromatic rings. The van der Waals surface area contributed by atoms with E-state index in [0.29, 0.717) is 0 Å².